The van der Waals surface area contributed by atoms with Crippen LogP contribution in [-0.2, 0) is 27.2 Å². The van der Waals surface area contributed by atoms with E-state index < -0.39 is 0 Å². The number of thiophene rings is 1. The average Bonchev–Trinajstić information content (AvgIpc) is 3.55. The lowest BCUT2D eigenvalue weighted by Gasteiger charge is -2.14. The zero-order chi connectivity index (χ0) is 25.9. The Bertz CT molecular complexity index is 1300. The van der Waals surface area contributed by atoms with Crippen molar-refractivity contribution in [2.24, 2.45) is 0 Å². The number of aryl methyl sites for hydroxylation is 1. The summed E-state index contributed by atoms with van der Waals surface area (Å²) < 4.78 is 16.5. The zero-order valence-electron chi connectivity index (χ0n) is 20.3. The highest BCUT2D eigenvalue weighted by Gasteiger charge is 2.32. The Labute approximate surface area is 228 Å². The van der Waals surface area contributed by atoms with Crippen LogP contribution in [0.3, 0.4) is 0 Å². The number of benzene rings is 1. The molecule has 1 aromatic carbocycles. The van der Waals surface area contributed by atoms with E-state index in [4.69, 9.17) is 26.4 Å². The summed E-state index contributed by atoms with van der Waals surface area (Å²) in [7, 11) is 0. The van der Waals surface area contributed by atoms with Crippen molar-refractivity contribution in [2.75, 3.05) is 25.3 Å². The lowest BCUT2D eigenvalue weighted by molar-refractivity contribution is -0.122. The zero-order valence-corrected chi connectivity index (χ0v) is 22.7. The quantitative estimate of drug-likeness (QED) is 0.270. The monoisotopic (exact) mass is 558 g/mol. The van der Waals surface area contributed by atoms with Crippen LogP contribution in [0.25, 0.3) is 6.08 Å². The fourth-order valence-electron chi connectivity index (χ4n) is 4.51. The molecule has 0 radical (unpaired) electrons. The third kappa shape index (κ3) is 5.53. The third-order valence-corrected chi connectivity index (χ3v) is 8.84. The molecule has 3 aliphatic rings. The maximum Gasteiger partial charge on any atom is 0.341 e. The molecule has 2 aromatic rings. The summed E-state index contributed by atoms with van der Waals surface area (Å²) in [5, 5.41) is 3.48. The number of carbonyl (C=O) groups is 3. The maximum atomic E-state index is 13.0. The molecule has 194 valence electrons. The molecule has 2 amide bonds. The fraction of sp³-hybridized carbons (Fsp3) is 0.385. The molecule has 0 bridgehead atoms. The van der Waals surface area contributed by atoms with Gasteiger partial charge in [-0.05, 0) is 68.4 Å². The number of rotatable bonds is 8. The van der Waals surface area contributed by atoms with Gasteiger partial charge in [0.2, 0.25) is 12.7 Å². The summed E-state index contributed by atoms with van der Waals surface area (Å²) in [5.41, 5.74) is 2.33. The van der Waals surface area contributed by atoms with Crippen molar-refractivity contribution < 1.29 is 28.6 Å². The first-order chi connectivity index (χ1) is 17.9. The predicted octanol–water partition coefficient (Wildman–Crippen LogP) is 5.15. The summed E-state index contributed by atoms with van der Waals surface area (Å²) in [5.74, 6) is 0.561. The fourth-order valence-corrected chi connectivity index (χ4v) is 7.11. The first kappa shape index (κ1) is 25.7. The van der Waals surface area contributed by atoms with Gasteiger partial charge in [0.15, 0.2) is 11.5 Å². The largest absolute Gasteiger partial charge is 0.462 e. The van der Waals surface area contributed by atoms with Crippen LogP contribution in [0.2, 0.25) is 0 Å². The number of ether oxygens (including phenoxy) is 3. The van der Waals surface area contributed by atoms with Crippen LogP contribution in [0.15, 0.2) is 23.1 Å². The van der Waals surface area contributed by atoms with Crippen molar-refractivity contribution in [3.05, 3.63) is 44.7 Å². The van der Waals surface area contributed by atoms with Crippen molar-refractivity contribution in [2.45, 2.75) is 45.4 Å². The minimum Gasteiger partial charge on any atom is -0.462 e. The Hall–Kier alpha value is -2.89. The van der Waals surface area contributed by atoms with Gasteiger partial charge in [-0.15, -0.1) is 11.3 Å². The number of esters is 1. The Morgan fingerprint density at radius 3 is 2.86 bits per heavy atom. The molecule has 1 N–H and O–H groups in total. The molecule has 3 heterocycles. The number of fused-ring (bicyclic) bond motifs is 2. The molecule has 0 saturated carbocycles. The number of nitrogens with zero attached hydrogens (tertiary/aromatic N) is 1. The molecular weight excluding hydrogens is 532 g/mol. The van der Waals surface area contributed by atoms with Gasteiger partial charge in [0.1, 0.15) is 9.32 Å². The summed E-state index contributed by atoms with van der Waals surface area (Å²) in [6.07, 6.45) is 6.26. The van der Waals surface area contributed by atoms with Gasteiger partial charge in [-0.3, -0.25) is 14.5 Å². The topological polar surface area (TPSA) is 94.2 Å². The highest BCUT2D eigenvalue weighted by atomic mass is 32.2. The van der Waals surface area contributed by atoms with Crippen LogP contribution in [0.5, 0.6) is 11.5 Å². The van der Waals surface area contributed by atoms with Crippen LogP contribution in [0.1, 0.15) is 59.0 Å². The van der Waals surface area contributed by atoms with Crippen molar-refractivity contribution in [3.8, 4) is 11.5 Å². The summed E-state index contributed by atoms with van der Waals surface area (Å²) in [6, 6.07) is 5.49. The van der Waals surface area contributed by atoms with Gasteiger partial charge >= 0.3 is 5.97 Å². The molecule has 0 atom stereocenters. The molecule has 1 fully saturated rings. The lowest BCUT2D eigenvalue weighted by Crippen LogP contribution is -2.29. The Balaban J connectivity index is 1.19. The molecule has 1 aromatic heterocycles. The number of thioether (sulfide) groups is 1. The van der Waals surface area contributed by atoms with Gasteiger partial charge < -0.3 is 19.5 Å². The number of thiocarbonyl (C=S) groups is 1. The second-order valence-corrected chi connectivity index (χ2v) is 11.5. The van der Waals surface area contributed by atoms with E-state index in [1.165, 1.54) is 28.0 Å². The van der Waals surface area contributed by atoms with Gasteiger partial charge in [-0.25, -0.2) is 4.79 Å². The molecule has 0 unspecified atom stereocenters. The normalized spacial score (nSPS) is 17.3. The molecule has 5 rings (SSSR count). The van der Waals surface area contributed by atoms with Crippen LogP contribution < -0.4 is 14.8 Å². The van der Waals surface area contributed by atoms with E-state index in [-0.39, 0.29) is 37.6 Å². The number of hydrogen-bond acceptors (Lipinski definition) is 9. The smallest absolute Gasteiger partial charge is 0.341 e. The van der Waals surface area contributed by atoms with Crippen molar-refractivity contribution in [3.63, 3.8) is 0 Å². The van der Waals surface area contributed by atoms with E-state index in [1.807, 2.05) is 18.2 Å². The molecule has 8 nitrogen and oxygen atoms in total. The van der Waals surface area contributed by atoms with E-state index >= 15 is 0 Å². The summed E-state index contributed by atoms with van der Waals surface area (Å²) in [4.78, 5) is 41.5. The Kier molecular flexibility index (Phi) is 7.82. The first-order valence-electron chi connectivity index (χ1n) is 12.2. The van der Waals surface area contributed by atoms with Gasteiger partial charge in [-0.1, -0.05) is 30.0 Å². The number of hydrogen-bond donors (Lipinski definition) is 1. The van der Waals surface area contributed by atoms with E-state index in [0.717, 1.165) is 41.7 Å². The van der Waals surface area contributed by atoms with Crippen molar-refractivity contribution in [1.82, 2.24) is 4.90 Å². The van der Waals surface area contributed by atoms with Gasteiger partial charge in [-0.2, -0.15) is 0 Å². The molecule has 2 aliphatic heterocycles. The van der Waals surface area contributed by atoms with E-state index in [0.29, 0.717) is 44.3 Å². The summed E-state index contributed by atoms with van der Waals surface area (Å²) in [6.45, 7) is 2.58. The Morgan fingerprint density at radius 1 is 1.22 bits per heavy atom. The second-order valence-electron chi connectivity index (χ2n) is 8.73. The van der Waals surface area contributed by atoms with Crippen LogP contribution in [0.4, 0.5) is 5.00 Å². The number of nitrogens with one attached hydrogen (secondary N) is 1. The minimum absolute atomic E-state index is 0.177. The van der Waals surface area contributed by atoms with Gasteiger partial charge in [0, 0.05) is 17.8 Å². The lowest BCUT2D eigenvalue weighted by atomic mass is 9.95. The summed E-state index contributed by atoms with van der Waals surface area (Å²) >= 11 is 8.14. The molecule has 37 heavy (non-hydrogen) atoms. The van der Waals surface area contributed by atoms with Crippen molar-refractivity contribution in [1.29, 1.82) is 0 Å². The number of carbonyl (C=O) groups excluding carboxylic acids is 3. The van der Waals surface area contributed by atoms with Crippen LogP contribution in [0, 0.1) is 0 Å². The number of anilines is 1. The molecule has 1 aliphatic carbocycles. The molecular formula is C26H26N2O6S3. The number of amides is 2. The predicted molar refractivity (Wildman–Crippen MR) is 147 cm³/mol. The van der Waals surface area contributed by atoms with Crippen LogP contribution in [-0.4, -0.2) is 46.9 Å². The maximum absolute atomic E-state index is 13.0. The second kappa shape index (κ2) is 11.2. The van der Waals surface area contributed by atoms with Crippen molar-refractivity contribution >= 4 is 68.5 Å². The van der Waals surface area contributed by atoms with Crippen LogP contribution >= 0.6 is 35.3 Å². The Morgan fingerprint density at radius 2 is 2.03 bits per heavy atom. The highest BCUT2D eigenvalue weighted by Crippen LogP contribution is 2.39. The molecule has 0 spiro atoms. The van der Waals surface area contributed by atoms with Gasteiger partial charge in [0.05, 0.1) is 17.1 Å². The van der Waals surface area contributed by atoms with Gasteiger partial charge in [0.25, 0.3) is 5.91 Å². The average molecular weight is 559 g/mol. The van der Waals surface area contributed by atoms with E-state index in [1.54, 1.807) is 13.0 Å². The molecule has 1 saturated heterocycles. The van der Waals surface area contributed by atoms with E-state index in [2.05, 4.69) is 5.32 Å². The highest BCUT2D eigenvalue weighted by molar-refractivity contribution is 8.26. The standard InChI is InChI=1S/C26H26N2O6S3/c1-2-32-25(31)22-16-6-3-4-7-19(16)36-23(22)27-21(29)8-5-11-28-24(30)20(37-26(28)35)13-15-9-10-17-18(12-15)34-14-33-17/h9-10,12-13H,2-8,11,14H2,1H3,(H,27,29). The first-order valence-corrected chi connectivity index (χ1v) is 14.2. The SMILES string of the molecule is CCOC(=O)c1c(NC(=O)CCCN2C(=O)C(=Cc3ccc4c(c3)OCO4)SC2=S)sc2c1CCCC2. The minimum atomic E-state index is -0.385. The van der Waals surface area contributed by atoms with E-state index in [9.17, 15) is 14.4 Å². The molecule has 11 heteroatoms. The third-order valence-electron chi connectivity index (χ3n) is 6.26.